The summed E-state index contributed by atoms with van der Waals surface area (Å²) in [5.41, 5.74) is 11.0. The molecule has 2 rings (SSSR count). The topological polar surface area (TPSA) is 38.9 Å². The minimum absolute atomic E-state index is 0.358. The molecule has 96 valence electrons. The van der Waals surface area contributed by atoms with E-state index in [4.69, 9.17) is 5.73 Å². The van der Waals surface area contributed by atoms with E-state index in [2.05, 4.69) is 49.3 Å². The highest BCUT2D eigenvalue weighted by molar-refractivity contribution is 7.09. The van der Waals surface area contributed by atoms with Gasteiger partial charge in [-0.05, 0) is 44.4 Å². The highest BCUT2D eigenvalue weighted by atomic mass is 32.1. The van der Waals surface area contributed by atoms with E-state index < -0.39 is 0 Å². The van der Waals surface area contributed by atoms with Crippen molar-refractivity contribution >= 4 is 11.3 Å². The lowest BCUT2D eigenvalue weighted by Crippen LogP contribution is -2.35. The second-order valence-electron chi connectivity index (χ2n) is 5.28. The molecule has 0 fully saturated rings. The summed E-state index contributed by atoms with van der Waals surface area (Å²) in [6.45, 7) is 8.34. The van der Waals surface area contributed by atoms with Crippen LogP contribution in [-0.4, -0.2) is 4.98 Å². The lowest BCUT2D eigenvalue weighted by Gasteiger charge is -2.25. The average Bonchev–Trinajstić information content (AvgIpc) is 2.67. The molecule has 1 unspecified atom stereocenters. The summed E-state index contributed by atoms with van der Waals surface area (Å²) < 4.78 is 0. The molecule has 2 nitrogen and oxygen atoms in total. The predicted molar refractivity (Wildman–Crippen MR) is 78.0 cm³/mol. The molecule has 1 atom stereocenters. The molecule has 0 saturated heterocycles. The lowest BCUT2D eigenvalue weighted by atomic mass is 9.88. The van der Waals surface area contributed by atoms with Crippen molar-refractivity contribution in [1.29, 1.82) is 0 Å². The fourth-order valence-corrected chi connectivity index (χ4v) is 2.94. The van der Waals surface area contributed by atoms with Gasteiger partial charge in [-0.15, -0.1) is 11.3 Å². The van der Waals surface area contributed by atoms with Gasteiger partial charge in [0.2, 0.25) is 0 Å². The van der Waals surface area contributed by atoms with Crippen molar-refractivity contribution in [2.24, 2.45) is 5.73 Å². The van der Waals surface area contributed by atoms with E-state index >= 15 is 0 Å². The number of benzene rings is 1. The first kappa shape index (κ1) is 13.2. The quantitative estimate of drug-likeness (QED) is 0.917. The van der Waals surface area contributed by atoms with Gasteiger partial charge in [-0.2, -0.15) is 0 Å². The normalized spacial score (nSPS) is 14.5. The van der Waals surface area contributed by atoms with Crippen LogP contribution < -0.4 is 5.73 Å². The third-order valence-electron chi connectivity index (χ3n) is 3.35. The minimum Gasteiger partial charge on any atom is -0.321 e. The minimum atomic E-state index is -0.358. The van der Waals surface area contributed by atoms with Gasteiger partial charge < -0.3 is 5.73 Å². The molecule has 2 N–H and O–H groups in total. The smallest absolute Gasteiger partial charge is 0.0949 e. The number of nitrogens with zero attached hydrogens (tertiary/aromatic N) is 1. The first-order valence-corrected chi connectivity index (χ1v) is 7.04. The molecule has 2 aromatic rings. The zero-order valence-electron chi connectivity index (χ0n) is 11.4. The molecule has 0 aliphatic rings. The van der Waals surface area contributed by atoms with Crippen molar-refractivity contribution in [3.63, 3.8) is 0 Å². The maximum atomic E-state index is 6.46. The molecule has 0 radical (unpaired) electrons. The third kappa shape index (κ3) is 2.79. The van der Waals surface area contributed by atoms with Crippen molar-refractivity contribution in [1.82, 2.24) is 4.98 Å². The van der Waals surface area contributed by atoms with Crippen LogP contribution in [0.25, 0.3) is 0 Å². The summed E-state index contributed by atoms with van der Waals surface area (Å²) in [5, 5.41) is 3.18. The van der Waals surface area contributed by atoms with Crippen LogP contribution in [0.5, 0.6) is 0 Å². The number of hydrogen-bond acceptors (Lipinski definition) is 3. The van der Waals surface area contributed by atoms with E-state index in [1.807, 2.05) is 6.92 Å². The molecular weight excluding hydrogens is 240 g/mol. The van der Waals surface area contributed by atoms with Crippen molar-refractivity contribution in [3.05, 3.63) is 51.0 Å². The van der Waals surface area contributed by atoms with E-state index in [-0.39, 0.29) is 5.54 Å². The Kier molecular flexibility index (Phi) is 3.55. The van der Waals surface area contributed by atoms with Gasteiger partial charge >= 0.3 is 0 Å². The number of thiazole rings is 1. The lowest BCUT2D eigenvalue weighted by molar-refractivity contribution is 0.489. The molecule has 0 aliphatic heterocycles. The zero-order valence-corrected chi connectivity index (χ0v) is 12.3. The monoisotopic (exact) mass is 260 g/mol. The summed E-state index contributed by atoms with van der Waals surface area (Å²) in [6, 6.07) is 6.46. The van der Waals surface area contributed by atoms with Crippen LogP contribution in [0.4, 0.5) is 0 Å². The predicted octanol–water partition coefficient (Wildman–Crippen LogP) is 3.48. The zero-order chi connectivity index (χ0) is 13.3. The van der Waals surface area contributed by atoms with Crippen LogP contribution in [0.1, 0.15) is 34.3 Å². The van der Waals surface area contributed by atoms with E-state index in [1.54, 1.807) is 11.3 Å². The molecule has 0 saturated carbocycles. The molecule has 1 aromatic carbocycles. The molecule has 1 heterocycles. The fraction of sp³-hybridized carbons (Fsp3) is 0.400. The molecule has 3 heteroatoms. The van der Waals surface area contributed by atoms with Crippen molar-refractivity contribution in [2.75, 3.05) is 0 Å². The van der Waals surface area contributed by atoms with Crippen LogP contribution >= 0.6 is 11.3 Å². The summed E-state index contributed by atoms with van der Waals surface area (Å²) in [4.78, 5) is 4.50. The Morgan fingerprint density at radius 3 is 2.50 bits per heavy atom. The number of hydrogen-bond donors (Lipinski definition) is 1. The van der Waals surface area contributed by atoms with Gasteiger partial charge in [-0.3, -0.25) is 0 Å². The van der Waals surface area contributed by atoms with Gasteiger partial charge in [0.05, 0.1) is 5.01 Å². The van der Waals surface area contributed by atoms with Crippen LogP contribution in [0.2, 0.25) is 0 Å². The standard InChI is InChI=1S/C15H20N2S/c1-10-5-6-13(7-11(10)2)15(4,16)8-14-17-12(3)9-18-14/h5-7,9H,8,16H2,1-4H3. The summed E-state index contributed by atoms with van der Waals surface area (Å²) in [5.74, 6) is 0. The molecule has 0 amide bonds. The average molecular weight is 260 g/mol. The summed E-state index contributed by atoms with van der Waals surface area (Å²) in [6.07, 6.45) is 0.786. The summed E-state index contributed by atoms with van der Waals surface area (Å²) >= 11 is 1.69. The van der Waals surface area contributed by atoms with Crippen molar-refractivity contribution < 1.29 is 0 Å². The Hall–Kier alpha value is -1.19. The largest absolute Gasteiger partial charge is 0.321 e. The molecule has 0 spiro atoms. The molecule has 0 aliphatic carbocycles. The van der Waals surface area contributed by atoms with Crippen LogP contribution in [-0.2, 0) is 12.0 Å². The van der Waals surface area contributed by atoms with Crippen LogP contribution in [0, 0.1) is 20.8 Å². The number of rotatable bonds is 3. The third-order valence-corrected chi connectivity index (χ3v) is 4.32. The molecule has 1 aromatic heterocycles. The Bertz CT molecular complexity index is 555. The second-order valence-corrected chi connectivity index (χ2v) is 6.22. The Balaban J connectivity index is 2.26. The van der Waals surface area contributed by atoms with Gasteiger partial charge in [0.15, 0.2) is 0 Å². The second kappa shape index (κ2) is 4.82. The highest BCUT2D eigenvalue weighted by Gasteiger charge is 2.23. The highest BCUT2D eigenvalue weighted by Crippen LogP contribution is 2.26. The maximum absolute atomic E-state index is 6.46. The fourth-order valence-electron chi connectivity index (χ4n) is 2.00. The molecule has 0 bridgehead atoms. The Morgan fingerprint density at radius 1 is 1.22 bits per heavy atom. The Labute approximate surface area is 113 Å². The first-order chi connectivity index (χ1) is 8.38. The van der Waals surface area contributed by atoms with E-state index in [9.17, 15) is 0 Å². The van der Waals surface area contributed by atoms with E-state index in [0.29, 0.717) is 0 Å². The van der Waals surface area contributed by atoms with E-state index in [0.717, 1.165) is 17.1 Å². The Morgan fingerprint density at radius 2 is 1.94 bits per heavy atom. The van der Waals surface area contributed by atoms with Crippen LogP contribution in [0.15, 0.2) is 23.6 Å². The number of aryl methyl sites for hydroxylation is 3. The van der Waals surface area contributed by atoms with Crippen molar-refractivity contribution in [3.8, 4) is 0 Å². The molecular formula is C15H20N2S. The number of aromatic nitrogens is 1. The van der Waals surface area contributed by atoms with Gasteiger partial charge in [-0.25, -0.2) is 4.98 Å². The summed E-state index contributed by atoms with van der Waals surface area (Å²) in [7, 11) is 0. The SMILES string of the molecule is Cc1csc(CC(C)(N)c2ccc(C)c(C)c2)n1. The van der Waals surface area contributed by atoms with Crippen LogP contribution in [0.3, 0.4) is 0 Å². The van der Waals surface area contributed by atoms with E-state index in [1.165, 1.54) is 16.7 Å². The van der Waals surface area contributed by atoms with Gasteiger partial charge in [0.25, 0.3) is 0 Å². The molecule has 18 heavy (non-hydrogen) atoms. The van der Waals surface area contributed by atoms with Gasteiger partial charge in [0.1, 0.15) is 0 Å². The maximum Gasteiger partial charge on any atom is 0.0949 e. The van der Waals surface area contributed by atoms with Gasteiger partial charge in [0, 0.05) is 23.0 Å². The number of nitrogens with two attached hydrogens (primary N) is 1. The first-order valence-electron chi connectivity index (χ1n) is 6.16. The van der Waals surface area contributed by atoms with Crippen molar-refractivity contribution in [2.45, 2.75) is 39.7 Å². The van der Waals surface area contributed by atoms with Gasteiger partial charge in [-0.1, -0.05) is 18.2 Å².